The number of nitrogens with zero attached hydrogens (tertiary/aromatic N) is 4. The molecule has 156 valence electrons. The lowest BCUT2D eigenvalue weighted by atomic mass is 10.1. The molecule has 0 bridgehead atoms. The maximum Gasteiger partial charge on any atom is 0.263 e. The Morgan fingerprint density at radius 3 is 2.61 bits per heavy atom. The number of ether oxygens (including phenoxy) is 1. The van der Waals surface area contributed by atoms with Gasteiger partial charge in [0.25, 0.3) is 5.56 Å². The van der Waals surface area contributed by atoms with Crippen LogP contribution in [0.2, 0.25) is 0 Å². The summed E-state index contributed by atoms with van der Waals surface area (Å²) < 4.78 is 7.26. The number of rotatable bonds is 5. The van der Waals surface area contributed by atoms with E-state index in [0.717, 1.165) is 39.7 Å². The van der Waals surface area contributed by atoms with E-state index in [0.29, 0.717) is 37.3 Å². The molecule has 0 saturated carbocycles. The molecule has 1 aliphatic heterocycles. The Kier molecular flexibility index (Phi) is 5.66. The van der Waals surface area contributed by atoms with Gasteiger partial charge in [0.15, 0.2) is 0 Å². The maximum atomic E-state index is 13.7. The zero-order valence-electron chi connectivity index (χ0n) is 16.8. The standard InChI is InChI=1S/C23H20N4O2S2/c24-12-16-3-5-17(6-4-16)13-27-20(14-26-7-9-29-10-8-26)25-22-21(23(27)28)18(15-31-22)19-2-1-11-30-19/h1-6,11,15H,7-10,13-14H2. The second-order valence-electron chi connectivity index (χ2n) is 7.42. The minimum atomic E-state index is -0.0118. The first kappa shape index (κ1) is 20.1. The molecule has 4 aromatic rings. The molecule has 1 fully saturated rings. The van der Waals surface area contributed by atoms with Crippen molar-refractivity contribution in [2.24, 2.45) is 0 Å². The molecule has 0 amide bonds. The molecule has 0 spiro atoms. The highest BCUT2D eigenvalue weighted by molar-refractivity contribution is 7.18. The van der Waals surface area contributed by atoms with Gasteiger partial charge >= 0.3 is 0 Å². The first-order valence-electron chi connectivity index (χ1n) is 10.1. The van der Waals surface area contributed by atoms with Crippen LogP contribution in [0.4, 0.5) is 0 Å². The molecule has 0 radical (unpaired) electrons. The van der Waals surface area contributed by atoms with E-state index in [9.17, 15) is 4.79 Å². The summed E-state index contributed by atoms with van der Waals surface area (Å²) >= 11 is 3.15. The number of aromatic nitrogens is 2. The van der Waals surface area contributed by atoms with Crippen molar-refractivity contribution in [3.05, 3.63) is 74.5 Å². The molecule has 4 heterocycles. The van der Waals surface area contributed by atoms with Gasteiger partial charge in [0, 0.05) is 28.9 Å². The van der Waals surface area contributed by atoms with Gasteiger partial charge in [0.2, 0.25) is 0 Å². The monoisotopic (exact) mass is 448 g/mol. The van der Waals surface area contributed by atoms with Crippen molar-refractivity contribution in [3.63, 3.8) is 0 Å². The molecule has 1 aliphatic rings. The average molecular weight is 449 g/mol. The van der Waals surface area contributed by atoms with Crippen molar-refractivity contribution in [1.29, 1.82) is 5.26 Å². The lowest BCUT2D eigenvalue weighted by Crippen LogP contribution is -2.38. The summed E-state index contributed by atoms with van der Waals surface area (Å²) in [7, 11) is 0. The quantitative estimate of drug-likeness (QED) is 0.463. The van der Waals surface area contributed by atoms with E-state index in [1.54, 1.807) is 28.0 Å². The van der Waals surface area contributed by atoms with Crippen molar-refractivity contribution in [1.82, 2.24) is 14.5 Å². The molecular weight excluding hydrogens is 428 g/mol. The summed E-state index contributed by atoms with van der Waals surface area (Å²) in [5, 5.41) is 13.8. The minimum absolute atomic E-state index is 0.0118. The average Bonchev–Trinajstić information content (AvgIpc) is 3.47. The van der Waals surface area contributed by atoms with E-state index >= 15 is 0 Å². The Balaban J connectivity index is 1.61. The first-order chi connectivity index (χ1) is 15.2. The molecule has 0 aliphatic carbocycles. The van der Waals surface area contributed by atoms with Crippen LogP contribution in [0.25, 0.3) is 20.7 Å². The van der Waals surface area contributed by atoms with E-state index in [2.05, 4.69) is 11.0 Å². The summed E-state index contributed by atoms with van der Waals surface area (Å²) in [5.74, 6) is 0.767. The molecule has 31 heavy (non-hydrogen) atoms. The van der Waals surface area contributed by atoms with Crippen molar-refractivity contribution in [2.45, 2.75) is 13.1 Å². The highest BCUT2D eigenvalue weighted by Gasteiger charge is 2.20. The molecule has 0 N–H and O–H groups in total. The van der Waals surface area contributed by atoms with Crippen molar-refractivity contribution in [2.75, 3.05) is 26.3 Å². The molecule has 3 aromatic heterocycles. The number of nitriles is 1. The second-order valence-corrected chi connectivity index (χ2v) is 9.23. The fraction of sp³-hybridized carbons (Fsp3) is 0.261. The van der Waals surface area contributed by atoms with Gasteiger partial charge in [-0.05, 0) is 29.1 Å². The largest absolute Gasteiger partial charge is 0.379 e. The Morgan fingerprint density at radius 1 is 1.10 bits per heavy atom. The number of thiophene rings is 2. The maximum absolute atomic E-state index is 13.7. The van der Waals surface area contributed by atoms with Gasteiger partial charge in [-0.25, -0.2) is 4.98 Å². The summed E-state index contributed by atoms with van der Waals surface area (Å²) in [6.45, 7) is 4.09. The lowest BCUT2D eigenvalue weighted by molar-refractivity contribution is 0.0325. The lowest BCUT2D eigenvalue weighted by Gasteiger charge is -2.27. The fourth-order valence-electron chi connectivity index (χ4n) is 3.79. The van der Waals surface area contributed by atoms with E-state index in [1.807, 2.05) is 35.0 Å². The summed E-state index contributed by atoms with van der Waals surface area (Å²) in [5.41, 5.74) is 2.52. The normalized spacial score (nSPS) is 14.7. The molecule has 0 unspecified atom stereocenters. The fourth-order valence-corrected chi connectivity index (χ4v) is 5.56. The molecule has 6 nitrogen and oxygen atoms in total. The molecular formula is C23H20N4O2S2. The third kappa shape index (κ3) is 4.05. The molecule has 0 atom stereocenters. The van der Waals surface area contributed by atoms with Crippen LogP contribution in [0.15, 0.2) is 52.0 Å². The predicted octanol–water partition coefficient (Wildman–Crippen LogP) is 3.94. The van der Waals surface area contributed by atoms with Crippen molar-refractivity contribution < 1.29 is 4.74 Å². The predicted molar refractivity (Wildman–Crippen MR) is 124 cm³/mol. The van der Waals surface area contributed by atoms with Crippen molar-refractivity contribution in [3.8, 4) is 16.5 Å². The van der Waals surface area contributed by atoms with Gasteiger partial charge in [0.1, 0.15) is 10.7 Å². The van der Waals surface area contributed by atoms with E-state index in [1.165, 1.54) is 11.3 Å². The number of hydrogen-bond acceptors (Lipinski definition) is 7. The molecule has 1 aromatic carbocycles. The smallest absolute Gasteiger partial charge is 0.263 e. The number of benzene rings is 1. The van der Waals surface area contributed by atoms with Crippen molar-refractivity contribution >= 4 is 32.9 Å². The van der Waals surface area contributed by atoms with E-state index in [4.69, 9.17) is 15.0 Å². The van der Waals surface area contributed by atoms with Crippen LogP contribution in [0.1, 0.15) is 17.0 Å². The minimum Gasteiger partial charge on any atom is -0.379 e. The first-order valence-corrected chi connectivity index (χ1v) is 11.8. The summed E-state index contributed by atoms with van der Waals surface area (Å²) in [4.78, 5) is 22.8. The topological polar surface area (TPSA) is 71.2 Å². The van der Waals surface area contributed by atoms with Crippen LogP contribution in [0.3, 0.4) is 0 Å². The Hall–Kier alpha value is -2.83. The summed E-state index contributed by atoms with van der Waals surface area (Å²) in [6, 6.07) is 13.6. The van der Waals surface area contributed by atoms with Gasteiger partial charge in [0.05, 0.1) is 43.3 Å². The third-order valence-electron chi connectivity index (χ3n) is 5.45. The zero-order chi connectivity index (χ0) is 21.2. The van der Waals surface area contributed by atoms with Gasteiger partial charge in [-0.1, -0.05) is 18.2 Å². The van der Waals surface area contributed by atoms with Gasteiger partial charge in [-0.3, -0.25) is 14.3 Å². The Labute approximate surface area is 187 Å². The van der Waals surface area contributed by atoms with Crippen LogP contribution < -0.4 is 5.56 Å². The number of fused-ring (bicyclic) bond motifs is 1. The number of hydrogen-bond donors (Lipinski definition) is 0. The SMILES string of the molecule is N#Cc1ccc(Cn2c(CN3CCOCC3)nc3scc(-c4cccs4)c3c2=O)cc1. The van der Waals surface area contributed by atoms with E-state index < -0.39 is 0 Å². The van der Waals surface area contributed by atoms with Crippen LogP contribution in [0.5, 0.6) is 0 Å². The second kappa shape index (κ2) is 8.73. The van der Waals surface area contributed by atoms with Gasteiger partial charge < -0.3 is 4.74 Å². The van der Waals surface area contributed by atoms with Crippen LogP contribution in [-0.4, -0.2) is 40.8 Å². The number of morpholine rings is 1. The van der Waals surface area contributed by atoms with Gasteiger partial charge in [-0.15, -0.1) is 22.7 Å². The van der Waals surface area contributed by atoms with Crippen LogP contribution in [0, 0.1) is 11.3 Å². The zero-order valence-corrected chi connectivity index (χ0v) is 18.4. The Morgan fingerprint density at radius 2 is 1.90 bits per heavy atom. The highest BCUT2D eigenvalue weighted by atomic mass is 32.1. The third-order valence-corrected chi connectivity index (χ3v) is 7.23. The molecule has 8 heteroatoms. The molecule has 5 rings (SSSR count). The molecule has 1 saturated heterocycles. The van der Waals surface area contributed by atoms with Gasteiger partial charge in [-0.2, -0.15) is 5.26 Å². The summed E-state index contributed by atoms with van der Waals surface area (Å²) in [6.07, 6.45) is 0. The Bertz CT molecular complexity index is 1290. The van der Waals surface area contributed by atoms with Crippen LogP contribution in [-0.2, 0) is 17.8 Å². The van der Waals surface area contributed by atoms with E-state index in [-0.39, 0.29) is 5.56 Å². The van der Waals surface area contributed by atoms with Crippen LogP contribution >= 0.6 is 22.7 Å². The highest BCUT2D eigenvalue weighted by Crippen LogP contribution is 2.34.